The van der Waals surface area contributed by atoms with Crippen molar-refractivity contribution in [2.45, 2.75) is 45.7 Å². The molecule has 0 spiro atoms. The van der Waals surface area contributed by atoms with Crippen molar-refractivity contribution in [3.8, 4) is 6.07 Å². The van der Waals surface area contributed by atoms with Gasteiger partial charge in [0.1, 0.15) is 11.9 Å². The average Bonchev–Trinajstić information content (AvgIpc) is 2.99. The lowest BCUT2D eigenvalue weighted by Crippen LogP contribution is -2.56. The number of piperidine rings is 1. The van der Waals surface area contributed by atoms with Crippen LogP contribution in [0.2, 0.25) is 0 Å². The molecule has 2 aliphatic heterocycles. The second-order valence-corrected chi connectivity index (χ2v) is 10.9. The van der Waals surface area contributed by atoms with Crippen molar-refractivity contribution in [3.63, 3.8) is 0 Å². The Hall–Kier alpha value is -4.16. The summed E-state index contributed by atoms with van der Waals surface area (Å²) in [5, 5.41) is 23.3. The van der Waals surface area contributed by atoms with Crippen LogP contribution in [0.5, 0.6) is 0 Å². The maximum atomic E-state index is 14.6. The van der Waals surface area contributed by atoms with Gasteiger partial charge in [-0.1, -0.05) is 24.3 Å². The molecular weight excluding hydrogens is 519 g/mol. The number of para-hydroxylation sites is 2. The first-order valence-electron chi connectivity index (χ1n) is 14.2. The van der Waals surface area contributed by atoms with Crippen molar-refractivity contribution in [3.05, 3.63) is 82.4 Å². The summed E-state index contributed by atoms with van der Waals surface area (Å²) in [7, 11) is 0. The number of aromatic nitrogens is 1. The van der Waals surface area contributed by atoms with E-state index in [9.17, 15) is 19.6 Å². The van der Waals surface area contributed by atoms with Gasteiger partial charge in [-0.05, 0) is 63.4 Å². The fourth-order valence-electron chi connectivity index (χ4n) is 6.25. The minimum Gasteiger partial charge on any atom is -0.394 e. The molecule has 9 heteroatoms. The van der Waals surface area contributed by atoms with E-state index in [0.29, 0.717) is 55.2 Å². The number of hydrogen-bond donors (Lipinski definition) is 2. The summed E-state index contributed by atoms with van der Waals surface area (Å²) < 4.78 is 14.6. The van der Waals surface area contributed by atoms with Crippen LogP contribution in [-0.4, -0.2) is 72.3 Å². The molecular formula is C32H37FN6O2. The zero-order valence-electron chi connectivity index (χ0n) is 23.9. The average molecular weight is 557 g/mol. The first-order chi connectivity index (χ1) is 19.8. The van der Waals surface area contributed by atoms with Crippen molar-refractivity contribution in [2.24, 2.45) is 0 Å². The smallest absolute Gasteiger partial charge is 0.256 e. The Morgan fingerprint density at radius 3 is 2.46 bits per heavy atom. The number of benzene rings is 2. The SMILES string of the molecule is Cc1nc(C)c(C(=O)N2CCN(c3ccccc3)[C@H](CO)C2)c(C)c1NC1CCN(c2c(F)cccc2C#N)CC1. The minimum absolute atomic E-state index is 0.0446. The lowest BCUT2D eigenvalue weighted by atomic mass is 9.98. The summed E-state index contributed by atoms with van der Waals surface area (Å²) in [5.41, 5.74) is 5.63. The Morgan fingerprint density at radius 1 is 1.05 bits per heavy atom. The number of carbonyl (C=O) groups is 1. The lowest BCUT2D eigenvalue weighted by molar-refractivity contribution is 0.0697. The molecule has 214 valence electrons. The molecule has 2 fully saturated rings. The third-order valence-electron chi connectivity index (χ3n) is 8.36. The predicted octanol–water partition coefficient (Wildman–Crippen LogP) is 4.42. The summed E-state index contributed by atoms with van der Waals surface area (Å²) in [6.45, 7) is 8.60. The Bertz CT molecular complexity index is 1450. The molecule has 1 aromatic heterocycles. The third kappa shape index (κ3) is 5.70. The van der Waals surface area contributed by atoms with Crippen LogP contribution in [0, 0.1) is 37.9 Å². The van der Waals surface area contributed by atoms with Gasteiger partial charge in [0, 0.05) is 44.5 Å². The highest BCUT2D eigenvalue weighted by molar-refractivity contribution is 5.98. The van der Waals surface area contributed by atoms with Gasteiger partial charge in [-0.25, -0.2) is 4.39 Å². The molecule has 3 heterocycles. The van der Waals surface area contributed by atoms with Crippen LogP contribution in [-0.2, 0) is 0 Å². The maximum absolute atomic E-state index is 14.6. The van der Waals surface area contributed by atoms with E-state index in [1.54, 1.807) is 12.1 Å². The molecule has 2 aliphatic rings. The molecule has 8 nitrogen and oxygen atoms in total. The largest absolute Gasteiger partial charge is 0.394 e. The number of aliphatic hydroxyl groups is 1. The molecule has 0 bridgehead atoms. The number of amides is 1. The Morgan fingerprint density at radius 2 is 1.78 bits per heavy atom. The highest BCUT2D eigenvalue weighted by Crippen LogP contribution is 2.31. The van der Waals surface area contributed by atoms with Crippen LogP contribution in [0.1, 0.15) is 45.7 Å². The predicted molar refractivity (Wildman–Crippen MR) is 159 cm³/mol. The summed E-state index contributed by atoms with van der Waals surface area (Å²) in [5.74, 6) is -0.443. The van der Waals surface area contributed by atoms with Crippen LogP contribution < -0.4 is 15.1 Å². The van der Waals surface area contributed by atoms with Crippen LogP contribution in [0.15, 0.2) is 48.5 Å². The van der Waals surface area contributed by atoms with Gasteiger partial charge in [0.15, 0.2) is 0 Å². The third-order valence-corrected chi connectivity index (χ3v) is 8.36. The molecule has 1 amide bonds. The van der Waals surface area contributed by atoms with Crippen molar-refractivity contribution >= 4 is 23.0 Å². The second kappa shape index (κ2) is 12.1. The number of nitrogens with zero attached hydrogens (tertiary/aromatic N) is 5. The van der Waals surface area contributed by atoms with Crippen molar-refractivity contribution in [1.29, 1.82) is 5.26 Å². The molecule has 5 rings (SSSR count). The first kappa shape index (κ1) is 28.4. The fraction of sp³-hybridized carbons (Fsp3) is 0.406. The van der Waals surface area contributed by atoms with E-state index in [1.807, 2.05) is 60.9 Å². The van der Waals surface area contributed by atoms with Gasteiger partial charge in [-0.15, -0.1) is 0 Å². The van der Waals surface area contributed by atoms with Gasteiger partial charge in [0.25, 0.3) is 5.91 Å². The molecule has 2 N–H and O–H groups in total. The summed E-state index contributed by atoms with van der Waals surface area (Å²) in [6.07, 6.45) is 1.52. The number of nitriles is 1. The van der Waals surface area contributed by atoms with Crippen molar-refractivity contribution in [1.82, 2.24) is 9.88 Å². The van der Waals surface area contributed by atoms with Crippen LogP contribution in [0.25, 0.3) is 0 Å². The van der Waals surface area contributed by atoms with Gasteiger partial charge in [0.2, 0.25) is 0 Å². The van der Waals surface area contributed by atoms with Crippen LogP contribution >= 0.6 is 0 Å². The van der Waals surface area contributed by atoms with Crippen LogP contribution in [0.3, 0.4) is 0 Å². The van der Waals surface area contributed by atoms with E-state index >= 15 is 0 Å². The lowest BCUT2D eigenvalue weighted by Gasteiger charge is -2.42. The molecule has 41 heavy (non-hydrogen) atoms. The number of aliphatic hydroxyl groups excluding tert-OH is 1. The first-order valence-corrected chi connectivity index (χ1v) is 14.2. The van der Waals surface area contributed by atoms with Gasteiger partial charge >= 0.3 is 0 Å². The zero-order valence-corrected chi connectivity index (χ0v) is 23.9. The Labute approximate surface area is 241 Å². The summed E-state index contributed by atoms with van der Waals surface area (Å²) in [6, 6.07) is 16.6. The molecule has 1 atom stereocenters. The molecule has 3 aromatic rings. The van der Waals surface area contributed by atoms with E-state index in [1.165, 1.54) is 6.07 Å². The monoisotopic (exact) mass is 556 g/mol. The molecule has 2 aromatic carbocycles. The Balaban J connectivity index is 1.30. The number of halogens is 1. The van der Waals surface area contributed by atoms with Gasteiger partial charge in [-0.2, -0.15) is 5.26 Å². The topological polar surface area (TPSA) is 95.7 Å². The van der Waals surface area contributed by atoms with E-state index in [-0.39, 0.29) is 30.4 Å². The second-order valence-electron chi connectivity index (χ2n) is 10.9. The number of piperazine rings is 1. The van der Waals surface area contributed by atoms with Crippen molar-refractivity contribution < 1.29 is 14.3 Å². The zero-order chi connectivity index (χ0) is 29.1. The molecule has 2 saturated heterocycles. The molecule has 0 saturated carbocycles. The highest BCUT2D eigenvalue weighted by atomic mass is 19.1. The fourth-order valence-corrected chi connectivity index (χ4v) is 6.25. The molecule has 0 radical (unpaired) electrons. The van der Waals surface area contributed by atoms with E-state index in [2.05, 4.69) is 16.3 Å². The quantitative estimate of drug-likeness (QED) is 0.464. The molecule has 0 aliphatic carbocycles. The van der Waals surface area contributed by atoms with E-state index in [0.717, 1.165) is 35.5 Å². The number of carbonyl (C=O) groups excluding carboxylic acids is 1. The summed E-state index contributed by atoms with van der Waals surface area (Å²) in [4.78, 5) is 24.6. The summed E-state index contributed by atoms with van der Waals surface area (Å²) >= 11 is 0. The van der Waals surface area contributed by atoms with Gasteiger partial charge in [-0.3, -0.25) is 9.78 Å². The normalized spacial score (nSPS) is 17.9. The van der Waals surface area contributed by atoms with Crippen LogP contribution in [0.4, 0.5) is 21.5 Å². The Kier molecular flexibility index (Phi) is 8.41. The number of aryl methyl sites for hydroxylation is 2. The highest BCUT2D eigenvalue weighted by Gasteiger charge is 2.32. The minimum atomic E-state index is -0.374. The number of hydrogen-bond acceptors (Lipinski definition) is 7. The maximum Gasteiger partial charge on any atom is 0.256 e. The number of nitrogens with one attached hydrogen (secondary N) is 1. The van der Waals surface area contributed by atoms with Crippen molar-refractivity contribution in [2.75, 3.05) is 54.4 Å². The van der Waals surface area contributed by atoms with E-state index in [4.69, 9.17) is 4.98 Å². The number of pyridine rings is 1. The van der Waals surface area contributed by atoms with Gasteiger partial charge < -0.3 is 25.1 Å². The van der Waals surface area contributed by atoms with Gasteiger partial charge in [0.05, 0.1) is 46.5 Å². The standard InChI is InChI=1S/C32H37FN6O2/c1-21-29(32(41)38-16-17-39(27(19-38)20-40)26-9-5-4-6-10-26)22(2)35-23(3)30(21)36-25-12-14-37(15-13-25)31-24(18-34)8-7-11-28(31)33/h4-11,25,27,36,40H,12-17,19-20H2,1-3H3/t27-/m0/s1. The van der Waals surface area contributed by atoms with E-state index < -0.39 is 0 Å². The molecule has 0 unspecified atom stereocenters. The number of anilines is 3. The number of rotatable bonds is 6.